The predicted molar refractivity (Wildman–Crippen MR) is 66.8 cm³/mol. The van der Waals surface area contributed by atoms with Gasteiger partial charge >= 0.3 is 0 Å². The summed E-state index contributed by atoms with van der Waals surface area (Å²) >= 11 is 0. The maximum Gasteiger partial charge on any atom is 0.223 e. The van der Waals surface area contributed by atoms with Crippen LogP contribution in [0.15, 0.2) is 30.3 Å². The summed E-state index contributed by atoms with van der Waals surface area (Å²) in [6, 6.07) is 9.73. The molecule has 2 atom stereocenters. The van der Waals surface area contributed by atoms with Gasteiger partial charge in [0.25, 0.3) is 0 Å². The molecular formula is C14H19NO2. The topological polar surface area (TPSA) is 38.3 Å². The van der Waals surface area contributed by atoms with E-state index < -0.39 is 0 Å². The standard InChI is InChI=1S/C14H19NO2/c1-11-10-13(11)14(16)15-8-5-9-17-12-6-3-2-4-7-12/h2-4,6-7,11,13H,5,8-10H2,1H3,(H,15,16). The minimum atomic E-state index is 0.206. The second kappa shape index (κ2) is 5.71. The molecule has 1 aromatic carbocycles. The summed E-state index contributed by atoms with van der Waals surface area (Å²) in [4.78, 5) is 11.5. The minimum Gasteiger partial charge on any atom is -0.494 e. The Bertz CT molecular complexity index is 364. The van der Waals surface area contributed by atoms with Gasteiger partial charge in [-0.05, 0) is 30.9 Å². The van der Waals surface area contributed by atoms with Crippen LogP contribution >= 0.6 is 0 Å². The van der Waals surface area contributed by atoms with Crippen LogP contribution in [-0.2, 0) is 4.79 Å². The molecular weight excluding hydrogens is 214 g/mol. The van der Waals surface area contributed by atoms with E-state index in [-0.39, 0.29) is 11.8 Å². The predicted octanol–water partition coefficient (Wildman–Crippen LogP) is 2.23. The maximum absolute atomic E-state index is 11.5. The van der Waals surface area contributed by atoms with E-state index in [1.165, 1.54) is 0 Å². The number of ether oxygens (including phenoxy) is 1. The summed E-state index contributed by atoms with van der Waals surface area (Å²) in [6.45, 7) is 3.46. The number of benzene rings is 1. The van der Waals surface area contributed by atoms with Crippen LogP contribution in [-0.4, -0.2) is 19.1 Å². The molecule has 0 heterocycles. The molecule has 1 saturated carbocycles. The molecule has 1 fully saturated rings. The summed E-state index contributed by atoms with van der Waals surface area (Å²) in [6.07, 6.45) is 1.90. The highest BCUT2D eigenvalue weighted by Gasteiger charge is 2.38. The molecule has 17 heavy (non-hydrogen) atoms. The van der Waals surface area contributed by atoms with Crippen LogP contribution in [0, 0.1) is 11.8 Å². The molecule has 1 aromatic rings. The Hall–Kier alpha value is -1.51. The lowest BCUT2D eigenvalue weighted by Gasteiger charge is -2.06. The van der Waals surface area contributed by atoms with Gasteiger partial charge in [0.15, 0.2) is 0 Å². The van der Waals surface area contributed by atoms with Crippen LogP contribution in [0.25, 0.3) is 0 Å². The van der Waals surface area contributed by atoms with E-state index in [4.69, 9.17) is 4.74 Å². The zero-order valence-electron chi connectivity index (χ0n) is 10.2. The van der Waals surface area contributed by atoms with Gasteiger partial charge in [0.2, 0.25) is 5.91 Å². The quantitative estimate of drug-likeness (QED) is 0.765. The highest BCUT2D eigenvalue weighted by molar-refractivity contribution is 5.81. The zero-order chi connectivity index (χ0) is 12.1. The first-order chi connectivity index (χ1) is 8.27. The lowest BCUT2D eigenvalue weighted by atomic mass is 10.3. The number of hydrogen-bond donors (Lipinski definition) is 1. The van der Waals surface area contributed by atoms with E-state index in [1.54, 1.807) is 0 Å². The molecule has 0 aliphatic heterocycles. The minimum absolute atomic E-state index is 0.206. The molecule has 2 unspecified atom stereocenters. The molecule has 1 N–H and O–H groups in total. The Morgan fingerprint density at radius 3 is 2.76 bits per heavy atom. The normalized spacial score (nSPS) is 21.9. The lowest BCUT2D eigenvalue weighted by molar-refractivity contribution is -0.122. The third-order valence-electron chi connectivity index (χ3n) is 3.08. The Kier molecular flexibility index (Phi) is 4.02. The van der Waals surface area contributed by atoms with Crippen molar-refractivity contribution in [3.05, 3.63) is 30.3 Å². The summed E-state index contributed by atoms with van der Waals surface area (Å²) in [5, 5.41) is 2.94. The fourth-order valence-electron chi connectivity index (χ4n) is 1.81. The van der Waals surface area contributed by atoms with Gasteiger partial charge in [0.1, 0.15) is 5.75 Å². The molecule has 0 aromatic heterocycles. The largest absolute Gasteiger partial charge is 0.494 e. The molecule has 1 aliphatic carbocycles. The third kappa shape index (κ3) is 3.77. The average Bonchev–Trinajstić information content (AvgIpc) is 3.07. The number of amides is 1. The van der Waals surface area contributed by atoms with E-state index in [0.717, 1.165) is 18.6 Å². The second-order valence-corrected chi connectivity index (χ2v) is 4.63. The Morgan fingerprint density at radius 2 is 2.12 bits per heavy atom. The van der Waals surface area contributed by atoms with E-state index in [1.807, 2.05) is 30.3 Å². The molecule has 1 aliphatic rings. The van der Waals surface area contributed by atoms with Crippen LogP contribution in [0.2, 0.25) is 0 Å². The van der Waals surface area contributed by atoms with Crippen molar-refractivity contribution in [3.8, 4) is 5.75 Å². The van der Waals surface area contributed by atoms with Gasteiger partial charge in [0, 0.05) is 12.5 Å². The van der Waals surface area contributed by atoms with Gasteiger partial charge in [-0.25, -0.2) is 0 Å². The summed E-state index contributed by atoms with van der Waals surface area (Å²) in [5.41, 5.74) is 0. The molecule has 92 valence electrons. The molecule has 0 radical (unpaired) electrons. The number of carbonyl (C=O) groups excluding carboxylic acids is 1. The van der Waals surface area contributed by atoms with E-state index in [0.29, 0.717) is 19.1 Å². The zero-order valence-corrected chi connectivity index (χ0v) is 10.2. The van der Waals surface area contributed by atoms with Crippen molar-refractivity contribution in [2.75, 3.05) is 13.2 Å². The molecule has 2 rings (SSSR count). The lowest BCUT2D eigenvalue weighted by Crippen LogP contribution is -2.27. The number of nitrogens with one attached hydrogen (secondary N) is 1. The first-order valence-electron chi connectivity index (χ1n) is 6.23. The number of hydrogen-bond acceptors (Lipinski definition) is 2. The smallest absolute Gasteiger partial charge is 0.223 e. The Morgan fingerprint density at radius 1 is 1.41 bits per heavy atom. The molecule has 3 heteroatoms. The first kappa shape index (κ1) is 12.0. The Labute approximate surface area is 102 Å². The summed E-state index contributed by atoms with van der Waals surface area (Å²) in [7, 11) is 0. The van der Waals surface area contributed by atoms with Crippen molar-refractivity contribution in [1.82, 2.24) is 5.32 Å². The van der Waals surface area contributed by atoms with Gasteiger partial charge in [-0.2, -0.15) is 0 Å². The van der Waals surface area contributed by atoms with Gasteiger partial charge in [-0.3, -0.25) is 4.79 Å². The van der Waals surface area contributed by atoms with Crippen LogP contribution in [0.3, 0.4) is 0 Å². The molecule has 0 spiro atoms. The van der Waals surface area contributed by atoms with Crippen molar-refractivity contribution in [1.29, 1.82) is 0 Å². The van der Waals surface area contributed by atoms with Crippen molar-refractivity contribution >= 4 is 5.91 Å². The van der Waals surface area contributed by atoms with Crippen molar-refractivity contribution in [3.63, 3.8) is 0 Å². The monoisotopic (exact) mass is 233 g/mol. The molecule has 0 bridgehead atoms. The average molecular weight is 233 g/mol. The Balaban J connectivity index is 1.53. The van der Waals surface area contributed by atoms with Crippen LogP contribution < -0.4 is 10.1 Å². The second-order valence-electron chi connectivity index (χ2n) is 4.63. The van der Waals surface area contributed by atoms with Crippen molar-refractivity contribution in [2.45, 2.75) is 19.8 Å². The summed E-state index contributed by atoms with van der Waals surface area (Å²) in [5.74, 6) is 1.94. The molecule has 1 amide bonds. The van der Waals surface area contributed by atoms with Gasteiger partial charge < -0.3 is 10.1 Å². The van der Waals surface area contributed by atoms with E-state index >= 15 is 0 Å². The molecule has 3 nitrogen and oxygen atoms in total. The third-order valence-corrected chi connectivity index (χ3v) is 3.08. The number of para-hydroxylation sites is 1. The molecule has 0 saturated heterocycles. The summed E-state index contributed by atoms with van der Waals surface area (Å²) < 4.78 is 5.53. The van der Waals surface area contributed by atoms with Gasteiger partial charge in [-0.15, -0.1) is 0 Å². The van der Waals surface area contributed by atoms with Crippen LogP contribution in [0.4, 0.5) is 0 Å². The fraction of sp³-hybridized carbons (Fsp3) is 0.500. The van der Waals surface area contributed by atoms with Crippen molar-refractivity contribution < 1.29 is 9.53 Å². The fourth-order valence-corrected chi connectivity index (χ4v) is 1.81. The van der Waals surface area contributed by atoms with Gasteiger partial charge in [-0.1, -0.05) is 25.1 Å². The van der Waals surface area contributed by atoms with Crippen LogP contribution in [0.5, 0.6) is 5.75 Å². The number of carbonyl (C=O) groups is 1. The van der Waals surface area contributed by atoms with Gasteiger partial charge in [0.05, 0.1) is 6.61 Å². The van der Waals surface area contributed by atoms with Crippen molar-refractivity contribution in [2.24, 2.45) is 11.8 Å². The SMILES string of the molecule is CC1CC1C(=O)NCCCOc1ccccc1. The number of rotatable bonds is 6. The van der Waals surface area contributed by atoms with Crippen LogP contribution in [0.1, 0.15) is 19.8 Å². The highest BCUT2D eigenvalue weighted by atomic mass is 16.5. The first-order valence-corrected chi connectivity index (χ1v) is 6.23. The highest BCUT2D eigenvalue weighted by Crippen LogP contribution is 2.37. The van der Waals surface area contributed by atoms with E-state index in [2.05, 4.69) is 12.2 Å². The maximum atomic E-state index is 11.5. The van der Waals surface area contributed by atoms with E-state index in [9.17, 15) is 4.79 Å².